The molecule has 120 valence electrons. The van der Waals surface area contributed by atoms with Crippen molar-refractivity contribution in [2.75, 3.05) is 29.9 Å². The van der Waals surface area contributed by atoms with Gasteiger partial charge in [-0.05, 0) is 37.6 Å². The Balaban J connectivity index is 2.07. The first-order valence-corrected chi connectivity index (χ1v) is 7.68. The first kappa shape index (κ1) is 15.4. The van der Waals surface area contributed by atoms with Gasteiger partial charge < -0.3 is 15.5 Å². The van der Waals surface area contributed by atoms with E-state index in [0.29, 0.717) is 5.82 Å². The molecule has 1 aliphatic rings. The van der Waals surface area contributed by atoms with E-state index in [2.05, 4.69) is 21.4 Å². The number of aryl methyl sites for hydroxylation is 1. The Kier molecular flexibility index (Phi) is 4.00. The minimum atomic E-state index is -0.152. The second-order valence-electron chi connectivity index (χ2n) is 5.89. The van der Waals surface area contributed by atoms with Gasteiger partial charge in [0.05, 0.1) is 5.52 Å². The molecule has 2 aromatic rings. The fourth-order valence-electron chi connectivity index (χ4n) is 2.91. The monoisotopic (exact) mass is 311 g/mol. The molecular formula is C17H21N5O. The number of benzene rings is 1. The van der Waals surface area contributed by atoms with E-state index in [1.807, 2.05) is 25.1 Å². The molecule has 0 bridgehead atoms. The summed E-state index contributed by atoms with van der Waals surface area (Å²) in [5.74, 6) is 1.48. The van der Waals surface area contributed by atoms with Crippen molar-refractivity contribution in [3.63, 3.8) is 0 Å². The number of anilines is 2. The van der Waals surface area contributed by atoms with Gasteiger partial charge in [0.25, 0.3) is 0 Å². The zero-order valence-corrected chi connectivity index (χ0v) is 13.5. The normalized spacial score (nSPS) is 17.5. The highest BCUT2D eigenvalue weighted by molar-refractivity contribution is 6.02. The van der Waals surface area contributed by atoms with Crippen LogP contribution in [0.4, 0.5) is 11.5 Å². The maximum absolute atomic E-state index is 11.8. The Hall–Kier alpha value is -2.47. The molecule has 0 saturated carbocycles. The summed E-state index contributed by atoms with van der Waals surface area (Å²) in [4.78, 5) is 24.7. The van der Waals surface area contributed by atoms with Crippen molar-refractivity contribution in [1.29, 1.82) is 0 Å². The van der Waals surface area contributed by atoms with Crippen LogP contribution in [0.1, 0.15) is 12.2 Å². The minimum absolute atomic E-state index is 0.152. The van der Waals surface area contributed by atoms with Crippen LogP contribution in [0, 0.1) is 6.92 Å². The summed E-state index contributed by atoms with van der Waals surface area (Å²) in [5.41, 5.74) is 7.63. The average molecular weight is 311 g/mol. The lowest BCUT2D eigenvalue weighted by Crippen LogP contribution is -2.27. The number of carbonyl (C=O) groups excluding carboxylic acids is 1. The third-order valence-electron chi connectivity index (χ3n) is 4.19. The number of hydrogen-bond acceptors (Lipinski definition) is 5. The van der Waals surface area contributed by atoms with E-state index in [-0.39, 0.29) is 11.9 Å². The van der Waals surface area contributed by atoms with E-state index >= 15 is 0 Å². The minimum Gasteiger partial charge on any atom is -0.354 e. The molecule has 6 heteroatoms. The molecule has 1 aliphatic heterocycles. The number of nitrogens with two attached hydrogens (primary N) is 1. The molecule has 3 rings (SSSR count). The van der Waals surface area contributed by atoms with E-state index in [4.69, 9.17) is 5.73 Å². The summed E-state index contributed by atoms with van der Waals surface area (Å²) in [6.45, 7) is 7.11. The number of carbonyl (C=O) groups is 1. The van der Waals surface area contributed by atoms with Gasteiger partial charge in [0, 0.05) is 37.3 Å². The lowest BCUT2D eigenvalue weighted by Gasteiger charge is -2.20. The van der Waals surface area contributed by atoms with Crippen LogP contribution < -0.4 is 15.5 Å². The number of rotatable bonds is 3. The summed E-state index contributed by atoms with van der Waals surface area (Å²) in [7, 11) is 1.72. The molecule has 1 atom stereocenters. The number of nitrogens with zero attached hydrogens (tertiary/aromatic N) is 4. The van der Waals surface area contributed by atoms with Crippen LogP contribution in [0.2, 0.25) is 0 Å². The zero-order valence-electron chi connectivity index (χ0n) is 13.5. The quantitative estimate of drug-likeness (QED) is 0.872. The molecule has 1 fully saturated rings. The first-order valence-electron chi connectivity index (χ1n) is 7.68. The molecule has 23 heavy (non-hydrogen) atoms. The summed E-state index contributed by atoms with van der Waals surface area (Å²) in [6.07, 6.45) is 2.27. The molecule has 1 saturated heterocycles. The molecule has 6 nitrogen and oxygen atoms in total. The second kappa shape index (κ2) is 5.96. The average Bonchev–Trinajstić information content (AvgIpc) is 2.98. The first-order chi connectivity index (χ1) is 11.0. The molecular weight excluding hydrogens is 290 g/mol. The largest absolute Gasteiger partial charge is 0.354 e. The number of likely N-dealkylation sites (N-methyl/N-ethyl adjacent to an activating group) is 1. The van der Waals surface area contributed by atoms with Crippen molar-refractivity contribution in [2.45, 2.75) is 19.4 Å². The predicted octanol–water partition coefficient (Wildman–Crippen LogP) is 1.62. The van der Waals surface area contributed by atoms with Gasteiger partial charge in [-0.3, -0.25) is 4.79 Å². The Morgan fingerprint density at radius 1 is 1.48 bits per heavy atom. The standard InChI is InChI=1S/C17H21N5O/c1-4-16(23)21(3)13-5-6-14-15(9-13)19-11(2)20-17(14)22-8-7-12(18)10-22/h4-6,9,12H,1,7-8,10,18H2,2-3H3. The van der Waals surface area contributed by atoms with Crippen molar-refractivity contribution in [3.05, 3.63) is 36.7 Å². The predicted molar refractivity (Wildman–Crippen MR) is 92.7 cm³/mol. The van der Waals surface area contributed by atoms with Gasteiger partial charge in [-0.1, -0.05) is 6.58 Å². The third kappa shape index (κ3) is 2.90. The Bertz CT molecular complexity index is 773. The lowest BCUT2D eigenvalue weighted by atomic mass is 10.2. The van der Waals surface area contributed by atoms with Crippen LogP contribution >= 0.6 is 0 Å². The van der Waals surface area contributed by atoms with E-state index in [0.717, 1.165) is 41.9 Å². The van der Waals surface area contributed by atoms with Gasteiger partial charge in [0.15, 0.2) is 0 Å². The molecule has 0 radical (unpaired) electrons. The van der Waals surface area contributed by atoms with Gasteiger partial charge in [-0.15, -0.1) is 0 Å². The highest BCUT2D eigenvalue weighted by Gasteiger charge is 2.23. The topological polar surface area (TPSA) is 75.4 Å². The van der Waals surface area contributed by atoms with E-state index in [1.54, 1.807) is 11.9 Å². The van der Waals surface area contributed by atoms with E-state index < -0.39 is 0 Å². The van der Waals surface area contributed by atoms with Crippen molar-refractivity contribution in [2.24, 2.45) is 5.73 Å². The fourth-order valence-corrected chi connectivity index (χ4v) is 2.91. The lowest BCUT2D eigenvalue weighted by molar-refractivity contribution is -0.113. The van der Waals surface area contributed by atoms with Gasteiger partial charge in [0.1, 0.15) is 11.6 Å². The second-order valence-corrected chi connectivity index (χ2v) is 5.89. The highest BCUT2D eigenvalue weighted by atomic mass is 16.2. The van der Waals surface area contributed by atoms with Crippen molar-refractivity contribution >= 4 is 28.3 Å². The summed E-state index contributed by atoms with van der Waals surface area (Å²) >= 11 is 0. The SMILES string of the molecule is C=CC(=O)N(C)c1ccc2c(N3CCC(N)C3)nc(C)nc2c1. The van der Waals surface area contributed by atoms with Crippen LogP contribution in [0.5, 0.6) is 0 Å². The highest BCUT2D eigenvalue weighted by Crippen LogP contribution is 2.29. The Morgan fingerprint density at radius 3 is 2.91 bits per heavy atom. The van der Waals surface area contributed by atoms with Crippen molar-refractivity contribution in [1.82, 2.24) is 9.97 Å². The summed E-state index contributed by atoms with van der Waals surface area (Å²) in [5, 5.41) is 0.980. The van der Waals surface area contributed by atoms with Crippen molar-refractivity contribution in [3.8, 4) is 0 Å². The van der Waals surface area contributed by atoms with Gasteiger partial charge in [-0.25, -0.2) is 9.97 Å². The molecule has 1 aromatic carbocycles. The van der Waals surface area contributed by atoms with Gasteiger partial charge >= 0.3 is 0 Å². The molecule has 2 N–H and O–H groups in total. The molecule has 2 heterocycles. The Labute approximate surface area is 135 Å². The maximum atomic E-state index is 11.8. The summed E-state index contributed by atoms with van der Waals surface area (Å²) in [6, 6.07) is 5.97. The van der Waals surface area contributed by atoms with Crippen LogP contribution in [-0.2, 0) is 4.79 Å². The Morgan fingerprint density at radius 2 is 2.26 bits per heavy atom. The van der Waals surface area contributed by atoms with Crippen LogP contribution in [0.15, 0.2) is 30.9 Å². The smallest absolute Gasteiger partial charge is 0.250 e. The number of aromatic nitrogens is 2. The molecule has 1 aromatic heterocycles. The van der Waals surface area contributed by atoms with E-state index in [1.165, 1.54) is 6.08 Å². The van der Waals surface area contributed by atoms with Gasteiger partial charge in [0.2, 0.25) is 5.91 Å². The number of fused-ring (bicyclic) bond motifs is 1. The third-order valence-corrected chi connectivity index (χ3v) is 4.19. The molecule has 0 spiro atoms. The maximum Gasteiger partial charge on any atom is 0.250 e. The van der Waals surface area contributed by atoms with Gasteiger partial charge in [-0.2, -0.15) is 0 Å². The van der Waals surface area contributed by atoms with Crippen molar-refractivity contribution < 1.29 is 4.79 Å². The molecule has 1 amide bonds. The number of amides is 1. The van der Waals surface area contributed by atoms with E-state index in [9.17, 15) is 4.79 Å². The molecule has 1 unspecified atom stereocenters. The molecule has 0 aliphatic carbocycles. The van der Waals surface area contributed by atoms with Crippen LogP contribution in [0.25, 0.3) is 10.9 Å². The summed E-state index contributed by atoms with van der Waals surface area (Å²) < 4.78 is 0. The van der Waals surface area contributed by atoms with Crippen LogP contribution in [-0.4, -0.2) is 42.1 Å². The zero-order chi connectivity index (χ0) is 16.6. The van der Waals surface area contributed by atoms with Crippen LogP contribution in [0.3, 0.4) is 0 Å². The fraction of sp³-hybridized carbons (Fsp3) is 0.353. The number of hydrogen-bond donors (Lipinski definition) is 1.